The fraction of sp³-hybridized carbons (Fsp3) is 0.805. The summed E-state index contributed by atoms with van der Waals surface area (Å²) in [5.41, 5.74) is 0. The number of carbonyl (C=O) groups is 8. The van der Waals surface area contributed by atoms with E-state index in [9.17, 15) is 38.4 Å². The molecule has 0 aromatic heterocycles. The summed E-state index contributed by atoms with van der Waals surface area (Å²) in [4.78, 5) is 109. The predicted molar refractivity (Wildman–Crippen MR) is 217 cm³/mol. The lowest BCUT2D eigenvalue weighted by Crippen LogP contribution is -2.61. The van der Waals surface area contributed by atoms with E-state index in [2.05, 4.69) is 37.2 Å². The summed E-state index contributed by atoms with van der Waals surface area (Å²) < 4.78 is 5.62. The first-order valence-electron chi connectivity index (χ1n) is 20.7. The molecule has 1 aliphatic heterocycles. The number of amides is 7. The van der Waals surface area contributed by atoms with Crippen LogP contribution in [-0.4, -0.2) is 95.7 Å². The van der Waals surface area contributed by atoms with Gasteiger partial charge in [0, 0.05) is 6.42 Å². The van der Waals surface area contributed by atoms with E-state index >= 15 is 0 Å². The molecule has 16 heteroatoms. The van der Waals surface area contributed by atoms with Gasteiger partial charge in [-0.2, -0.15) is 0 Å². The van der Waals surface area contributed by atoms with Crippen molar-refractivity contribution in [1.82, 2.24) is 37.2 Å². The molecule has 0 bridgehead atoms. The Kier molecular flexibility index (Phi) is 21.8. The van der Waals surface area contributed by atoms with E-state index in [1.165, 1.54) is 20.8 Å². The highest BCUT2D eigenvalue weighted by molar-refractivity contribution is 5.97. The van der Waals surface area contributed by atoms with E-state index in [0.29, 0.717) is 12.3 Å². The van der Waals surface area contributed by atoms with Crippen LogP contribution in [0.1, 0.15) is 135 Å². The molecular weight excluding hydrogens is 734 g/mol. The summed E-state index contributed by atoms with van der Waals surface area (Å²) in [5, 5.41) is 18.9. The highest BCUT2D eigenvalue weighted by Crippen LogP contribution is 2.14. The summed E-state index contributed by atoms with van der Waals surface area (Å²) in [6.07, 6.45) is 1.03. The minimum Gasteiger partial charge on any atom is -0.458 e. The zero-order chi connectivity index (χ0) is 43.7. The number of nitrogens with one attached hydrogen (secondary N) is 7. The lowest BCUT2D eigenvalue weighted by molar-refractivity contribution is -0.155. The van der Waals surface area contributed by atoms with Gasteiger partial charge < -0.3 is 42.0 Å². The van der Waals surface area contributed by atoms with E-state index in [1.807, 2.05) is 69.2 Å². The van der Waals surface area contributed by atoms with Crippen LogP contribution in [0.2, 0.25) is 0 Å². The Morgan fingerprint density at radius 2 is 0.860 bits per heavy atom. The Morgan fingerprint density at radius 3 is 1.23 bits per heavy atom. The van der Waals surface area contributed by atoms with Crippen LogP contribution in [0, 0.1) is 29.6 Å². The van der Waals surface area contributed by atoms with Crippen LogP contribution in [0.25, 0.3) is 0 Å². The monoisotopic (exact) mass is 808 g/mol. The maximum Gasteiger partial charge on any atom is 0.328 e. The highest BCUT2D eigenvalue weighted by Gasteiger charge is 2.36. The van der Waals surface area contributed by atoms with Gasteiger partial charge in [0.2, 0.25) is 41.4 Å². The van der Waals surface area contributed by atoms with Crippen molar-refractivity contribution in [1.29, 1.82) is 0 Å². The molecule has 16 nitrogen and oxygen atoms in total. The summed E-state index contributed by atoms with van der Waals surface area (Å²) in [7, 11) is 0. The lowest BCUT2D eigenvalue weighted by atomic mass is 9.98. The maximum absolute atomic E-state index is 13.9. The number of ether oxygens (including phenoxy) is 1. The Hall–Kier alpha value is -4.24. The quantitative estimate of drug-likeness (QED) is 0.135. The smallest absolute Gasteiger partial charge is 0.328 e. The molecule has 1 heterocycles. The van der Waals surface area contributed by atoms with Crippen molar-refractivity contribution in [3.63, 3.8) is 0 Å². The molecule has 7 N–H and O–H groups in total. The third-order valence-electron chi connectivity index (χ3n) is 9.38. The average Bonchev–Trinajstić information content (AvgIpc) is 3.07. The first-order valence-corrected chi connectivity index (χ1v) is 20.7. The zero-order valence-electron chi connectivity index (χ0n) is 36.6. The first-order chi connectivity index (χ1) is 26.4. The molecule has 0 aromatic carbocycles. The van der Waals surface area contributed by atoms with Gasteiger partial charge in [-0.15, -0.1) is 0 Å². The first kappa shape index (κ1) is 50.8. The van der Waals surface area contributed by atoms with Crippen molar-refractivity contribution in [2.75, 3.05) is 0 Å². The van der Waals surface area contributed by atoms with Crippen LogP contribution in [-0.2, 0) is 43.1 Å². The second-order valence-electron chi connectivity index (χ2n) is 17.7. The van der Waals surface area contributed by atoms with Crippen molar-refractivity contribution in [3.05, 3.63) is 0 Å². The van der Waals surface area contributed by atoms with Gasteiger partial charge in [-0.05, 0) is 82.5 Å². The number of esters is 1. The van der Waals surface area contributed by atoms with Crippen LogP contribution in [0.3, 0.4) is 0 Å². The van der Waals surface area contributed by atoms with Crippen LogP contribution < -0.4 is 37.2 Å². The molecule has 0 spiro atoms. The number of hydrogen-bond donors (Lipinski definition) is 7. The standard InChI is InChI=1S/C41H73N7O9/c1-21(2)15-14-16-33(49)48-34-28(13)57-41(56)27(12)43-36(51)29(17-22(3)4)45-38(53)31(19-24(7)8)47-39(54)32(20-25(9)10)46-37(52)30(18-23(5)6)44-35(50)26(11)42-40(34)55/h21-32,34H,14-20H2,1-13H3,(H,42,55)(H,43,51)(H,44,50)(H,45,53)(H,46,52)(H,47,54)(H,48,49)/t26-,27-,28+,29-,30-,31+,32+,34-/m0/s1. The predicted octanol–water partition coefficient (Wildman–Crippen LogP) is 2.38. The Bertz CT molecular complexity index is 1380. The second kappa shape index (κ2) is 24.5. The van der Waals surface area contributed by atoms with Crippen molar-refractivity contribution in [3.8, 4) is 0 Å². The number of cyclic esters (lactones) is 1. The third kappa shape index (κ3) is 19.2. The topological polar surface area (TPSA) is 230 Å². The minimum atomic E-state index is -1.42. The minimum absolute atomic E-state index is 0.0475. The van der Waals surface area contributed by atoms with Crippen LogP contribution in [0.5, 0.6) is 0 Å². The van der Waals surface area contributed by atoms with Crippen LogP contribution in [0.15, 0.2) is 0 Å². The fourth-order valence-electron chi connectivity index (χ4n) is 6.33. The van der Waals surface area contributed by atoms with Crippen molar-refractivity contribution in [2.45, 2.75) is 183 Å². The molecule has 0 aliphatic carbocycles. The normalized spacial score (nSPS) is 26.8. The lowest BCUT2D eigenvalue weighted by Gasteiger charge is -2.30. The van der Waals surface area contributed by atoms with Gasteiger partial charge in [-0.3, -0.25) is 33.6 Å². The molecule has 7 amide bonds. The molecular formula is C41H73N7O9. The number of rotatable bonds is 13. The maximum atomic E-state index is 13.9. The number of hydrogen-bond acceptors (Lipinski definition) is 9. The average molecular weight is 808 g/mol. The van der Waals surface area contributed by atoms with E-state index in [4.69, 9.17) is 4.74 Å². The molecule has 0 unspecified atom stereocenters. The van der Waals surface area contributed by atoms with Crippen molar-refractivity contribution < 1.29 is 43.1 Å². The third-order valence-corrected chi connectivity index (χ3v) is 9.38. The van der Waals surface area contributed by atoms with E-state index < -0.39 is 95.7 Å². The summed E-state index contributed by atoms with van der Waals surface area (Å²) >= 11 is 0. The van der Waals surface area contributed by atoms with Gasteiger partial charge in [0.25, 0.3) is 0 Å². The SMILES string of the molecule is CC(C)CCCC(=O)N[C@@H]1C(=O)N[C@@H](C)C(=O)N[C@@H](CC(C)C)C(=O)N[C@H](CC(C)C)C(=O)N[C@H](CC(C)C)C(=O)N[C@@H](CC(C)C)C(=O)N[C@@H](C)C(=O)O[C@@H]1C. The Balaban J connectivity index is 3.74. The Morgan fingerprint density at radius 1 is 0.509 bits per heavy atom. The molecule has 8 atom stereocenters. The molecule has 1 rings (SSSR count). The van der Waals surface area contributed by atoms with E-state index in [0.717, 1.165) is 6.42 Å². The summed E-state index contributed by atoms with van der Waals surface area (Å²) in [6.45, 7) is 23.3. The largest absolute Gasteiger partial charge is 0.458 e. The molecule has 1 saturated heterocycles. The van der Waals surface area contributed by atoms with E-state index in [-0.39, 0.29) is 55.8 Å². The Labute approximate surface area is 340 Å². The van der Waals surface area contributed by atoms with Gasteiger partial charge in [0.05, 0.1) is 0 Å². The zero-order valence-corrected chi connectivity index (χ0v) is 36.6. The molecule has 0 aromatic rings. The summed E-state index contributed by atoms with van der Waals surface area (Å²) in [5.74, 6) is -5.28. The molecule has 1 aliphatic rings. The van der Waals surface area contributed by atoms with Crippen molar-refractivity contribution in [2.24, 2.45) is 29.6 Å². The molecule has 1 fully saturated rings. The number of carbonyl (C=O) groups excluding carboxylic acids is 8. The van der Waals surface area contributed by atoms with Gasteiger partial charge >= 0.3 is 5.97 Å². The van der Waals surface area contributed by atoms with E-state index in [1.54, 1.807) is 0 Å². The van der Waals surface area contributed by atoms with Crippen LogP contribution in [0.4, 0.5) is 0 Å². The van der Waals surface area contributed by atoms with Crippen molar-refractivity contribution >= 4 is 47.3 Å². The highest BCUT2D eigenvalue weighted by atomic mass is 16.5. The molecule has 0 radical (unpaired) electrons. The second-order valence-corrected chi connectivity index (χ2v) is 17.7. The summed E-state index contributed by atoms with van der Waals surface area (Å²) in [6, 6.07) is -8.19. The molecule has 326 valence electrons. The van der Waals surface area contributed by atoms with Gasteiger partial charge in [-0.1, -0.05) is 75.7 Å². The van der Waals surface area contributed by atoms with Gasteiger partial charge in [-0.25, -0.2) is 4.79 Å². The fourth-order valence-corrected chi connectivity index (χ4v) is 6.33. The molecule has 57 heavy (non-hydrogen) atoms. The van der Waals surface area contributed by atoms with Gasteiger partial charge in [0.15, 0.2) is 0 Å². The van der Waals surface area contributed by atoms with Crippen LogP contribution >= 0.6 is 0 Å². The van der Waals surface area contributed by atoms with Gasteiger partial charge in [0.1, 0.15) is 48.4 Å². The molecule has 0 saturated carbocycles.